The van der Waals surface area contributed by atoms with Crippen LogP contribution in [-0.4, -0.2) is 0 Å². The van der Waals surface area contributed by atoms with E-state index in [9.17, 15) is 0 Å². The first-order valence-electron chi connectivity index (χ1n) is 3.02. The lowest BCUT2D eigenvalue weighted by atomic mass is 10.1. The minimum absolute atomic E-state index is 0.308. The molecule has 0 heterocycles. The van der Waals surface area contributed by atoms with Crippen LogP contribution in [0.4, 0.5) is 0 Å². The molecule has 0 aromatic heterocycles. The molecule has 0 spiro atoms. The maximum absolute atomic E-state index is 5.53. The highest BCUT2D eigenvalue weighted by molar-refractivity contribution is 6.29. The fourth-order valence-electron chi connectivity index (χ4n) is 0.475. The summed E-state index contributed by atoms with van der Waals surface area (Å²) in [5, 5.41) is 0.308. The highest BCUT2D eigenvalue weighted by Gasteiger charge is 1.98. The molecule has 58 valence electrons. The predicted octanol–water partition coefficient (Wildman–Crippen LogP) is 1.67. The van der Waals surface area contributed by atoms with Gasteiger partial charge in [-0.05, 0) is 31.9 Å². The molecule has 3 heteroatoms. The third kappa shape index (κ3) is 2.31. The third-order valence-electron chi connectivity index (χ3n) is 1.51. The second-order valence-electron chi connectivity index (χ2n) is 2.28. The second kappa shape index (κ2) is 3.52. The van der Waals surface area contributed by atoms with Gasteiger partial charge in [0.05, 0.1) is 0 Å². The SMILES string of the molecule is C/C(N)=C(C)/C(C)=C(\N)Cl. The Labute approximate surface area is 66.5 Å². The van der Waals surface area contributed by atoms with Crippen molar-refractivity contribution in [1.82, 2.24) is 0 Å². The minimum Gasteiger partial charge on any atom is -0.402 e. The van der Waals surface area contributed by atoms with E-state index in [1.165, 1.54) is 0 Å². The molecule has 0 aromatic carbocycles. The summed E-state index contributed by atoms with van der Waals surface area (Å²) < 4.78 is 0. The molecule has 10 heavy (non-hydrogen) atoms. The van der Waals surface area contributed by atoms with Crippen LogP contribution >= 0.6 is 11.6 Å². The first-order valence-corrected chi connectivity index (χ1v) is 3.39. The number of hydrogen-bond acceptors (Lipinski definition) is 2. The van der Waals surface area contributed by atoms with E-state index in [0.29, 0.717) is 5.16 Å². The summed E-state index contributed by atoms with van der Waals surface area (Å²) in [6.45, 7) is 5.55. The standard InChI is InChI=1S/C7H13ClN2/c1-4(6(3)9)5(2)7(8)10/h9-10H2,1-3H3/b6-4-,7-5-. The maximum atomic E-state index is 5.53. The Morgan fingerprint density at radius 2 is 1.40 bits per heavy atom. The Hall–Kier alpha value is -0.630. The maximum Gasteiger partial charge on any atom is 0.102 e. The predicted molar refractivity (Wildman–Crippen MR) is 45.3 cm³/mol. The van der Waals surface area contributed by atoms with Crippen LogP contribution < -0.4 is 11.5 Å². The van der Waals surface area contributed by atoms with Gasteiger partial charge in [-0.3, -0.25) is 0 Å². The van der Waals surface area contributed by atoms with E-state index < -0.39 is 0 Å². The number of hydrogen-bond donors (Lipinski definition) is 2. The van der Waals surface area contributed by atoms with Crippen molar-refractivity contribution >= 4 is 11.6 Å². The zero-order chi connectivity index (χ0) is 8.31. The summed E-state index contributed by atoms with van der Waals surface area (Å²) in [4.78, 5) is 0. The summed E-state index contributed by atoms with van der Waals surface area (Å²) in [6.07, 6.45) is 0. The van der Waals surface area contributed by atoms with Crippen LogP contribution in [0, 0.1) is 0 Å². The van der Waals surface area contributed by atoms with Crippen molar-refractivity contribution in [2.75, 3.05) is 0 Å². The molecule has 0 bridgehead atoms. The Balaban J connectivity index is 4.71. The highest BCUT2D eigenvalue weighted by Crippen LogP contribution is 2.14. The van der Waals surface area contributed by atoms with E-state index >= 15 is 0 Å². The van der Waals surface area contributed by atoms with Gasteiger partial charge in [0.15, 0.2) is 0 Å². The van der Waals surface area contributed by atoms with Gasteiger partial charge in [-0.15, -0.1) is 0 Å². The lowest BCUT2D eigenvalue weighted by Gasteiger charge is -2.03. The molecule has 0 aliphatic heterocycles. The average molecular weight is 161 g/mol. The van der Waals surface area contributed by atoms with Gasteiger partial charge in [-0.25, -0.2) is 0 Å². The smallest absolute Gasteiger partial charge is 0.102 e. The van der Waals surface area contributed by atoms with Crippen molar-refractivity contribution in [3.63, 3.8) is 0 Å². The molecule has 0 aliphatic carbocycles. The summed E-state index contributed by atoms with van der Waals surface area (Å²) in [5.41, 5.74) is 13.4. The molecule has 0 fully saturated rings. The van der Waals surface area contributed by atoms with E-state index in [0.717, 1.165) is 16.8 Å². The van der Waals surface area contributed by atoms with Gasteiger partial charge in [-0.1, -0.05) is 11.6 Å². The normalized spacial score (nSPS) is 16.0. The topological polar surface area (TPSA) is 52.0 Å². The molecule has 0 amide bonds. The minimum atomic E-state index is 0.308. The van der Waals surface area contributed by atoms with Crippen LogP contribution in [0.3, 0.4) is 0 Å². The molecule has 0 saturated heterocycles. The lowest BCUT2D eigenvalue weighted by molar-refractivity contribution is 1.17. The Kier molecular flexibility index (Phi) is 3.30. The van der Waals surface area contributed by atoms with Crippen molar-refractivity contribution in [1.29, 1.82) is 0 Å². The van der Waals surface area contributed by atoms with Crippen molar-refractivity contribution in [3.05, 3.63) is 22.0 Å². The van der Waals surface area contributed by atoms with Crippen LogP contribution in [0.2, 0.25) is 0 Å². The van der Waals surface area contributed by atoms with Gasteiger partial charge in [0.2, 0.25) is 0 Å². The molecule has 0 rings (SSSR count). The van der Waals surface area contributed by atoms with Crippen LogP contribution in [0.15, 0.2) is 22.0 Å². The van der Waals surface area contributed by atoms with Crippen molar-refractivity contribution in [2.45, 2.75) is 20.8 Å². The highest BCUT2D eigenvalue weighted by atomic mass is 35.5. The lowest BCUT2D eigenvalue weighted by Crippen LogP contribution is -2.00. The van der Waals surface area contributed by atoms with Crippen LogP contribution in [0.5, 0.6) is 0 Å². The van der Waals surface area contributed by atoms with Gasteiger partial charge in [0, 0.05) is 5.70 Å². The molecular formula is C7H13ClN2. The fraction of sp³-hybridized carbons (Fsp3) is 0.429. The number of rotatable bonds is 1. The summed E-state index contributed by atoms with van der Waals surface area (Å²) in [7, 11) is 0. The first kappa shape index (κ1) is 9.37. The molecular weight excluding hydrogens is 148 g/mol. The van der Waals surface area contributed by atoms with E-state index in [1.807, 2.05) is 20.8 Å². The molecule has 2 nitrogen and oxygen atoms in total. The van der Waals surface area contributed by atoms with Crippen molar-refractivity contribution in [3.8, 4) is 0 Å². The average Bonchev–Trinajstić information content (AvgIpc) is 1.84. The van der Waals surface area contributed by atoms with Crippen LogP contribution in [0.1, 0.15) is 20.8 Å². The zero-order valence-corrected chi connectivity index (χ0v) is 7.29. The van der Waals surface area contributed by atoms with Gasteiger partial charge in [0.25, 0.3) is 0 Å². The van der Waals surface area contributed by atoms with Crippen molar-refractivity contribution < 1.29 is 0 Å². The van der Waals surface area contributed by atoms with Crippen molar-refractivity contribution in [2.24, 2.45) is 11.5 Å². The Bertz CT molecular complexity index is 162. The van der Waals surface area contributed by atoms with Gasteiger partial charge < -0.3 is 11.5 Å². The first-order chi connectivity index (χ1) is 4.46. The Morgan fingerprint density at radius 3 is 1.50 bits per heavy atom. The number of nitrogens with two attached hydrogens (primary N) is 2. The molecule has 0 aliphatic rings. The molecule has 0 unspecified atom stereocenters. The van der Waals surface area contributed by atoms with E-state index in [-0.39, 0.29) is 0 Å². The van der Waals surface area contributed by atoms with E-state index in [4.69, 9.17) is 23.1 Å². The van der Waals surface area contributed by atoms with Gasteiger partial charge >= 0.3 is 0 Å². The van der Waals surface area contributed by atoms with Crippen LogP contribution in [0.25, 0.3) is 0 Å². The molecule has 0 saturated carbocycles. The van der Waals surface area contributed by atoms with Gasteiger partial charge in [0.1, 0.15) is 5.16 Å². The monoisotopic (exact) mass is 160 g/mol. The summed E-state index contributed by atoms with van der Waals surface area (Å²) >= 11 is 5.53. The summed E-state index contributed by atoms with van der Waals surface area (Å²) in [5.74, 6) is 0. The largest absolute Gasteiger partial charge is 0.402 e. The molecule has 0 aromatic rings. The molecule has 4 N–H and O–H groups in total. The van der Waals surface area contributed by atoms with Gasteiger partial charge in [-0.2, -0.15) is 0 Å². The second-order valence-corrected chi connectivity index (χ2v) is 2.69. The quantitative estimate of drug-likeness (QED) is 0.453. The zero-order valence-electron chi connectivity index (χ0n) is 6.53. The fourth-order valence-corrected chi connectivity index (χ4v) is 0.617. The van der Waals surface area contributed by atoms with E-state index in [2.05, 4.69) is 0 Å². The molecule has 0 atom stereocenters. The number of allylic oxidation sites excluding steroid dienone is 3. The molecule has 0 radical (unpaired) electrons. The third-order valence-corrected chi connectivity index (χ3v) is 1.80. The van der Waals surface area contributed by atoms with E-state index in [1.54, 1.807) is 0 Å². The summed E-state index contributed by atoms with van der Waals surface area (Å²) in [6, 6.07) is 0. The Morgan fingerprint density at radius 1 is 1.00 bits per heavy atom. The number of halogens is 1. The van der Waals surface area contributed by atoms with Crippen LogP contribution in [-0.2, 0) is 0 Å².